The summed E-state index contributed by atoms with van der Waals surface area (Å²) in [5.74, 6) is -0.334. The Balaban J connectivity index is 2.44. The van der Waals surface area contributed by atoms with Crippen LogP contribution < -0.4 is 11.5 Å². The maximum absolute atomic E-state index is 11.9. The van der Waals surface area contributed by atoms with Gasteiger partial charge in [-0.1, -0.05) is 20.3 Å². The van der Waals surface area contributed by atoms with Crippen LogP contribution >= 0.6 is 0 Å². The molecule has 0 aromatic heterocycles. The molecule has 1 atom stereocenters. The Morgan fingerprint density at radius 2 is 1.64 bits per heavy atom. The van der Waals surface area contributed by atoms with Crippen LogP contribution in [0.25, 0.3) is 0 Å². The number of primary amides is 2. The number of benzene rings is 1. The van der Waals surface area contributed by atoms with E-state index in [9.17, 15) is 19.7 Å². The second-order valence-electron chi connectivity index (χ2n) is 6.94. The van der Waals surface area contributed by atoms with Gasteiger partial charge in [0.1, 0.15) is 0 Å². The molecule has 1 aliphatic rings. The molecule has 4 N–H and O–H groups in total. The SMILES string of the molecule is CCC(C)C1CCC(c2c(C(N)=O)cc([N+](=O)[O-])cc2C(N)=O)CC1. The third kappa shape index (κ3) is 3.97. The fourth-order valence-electron chi connectivity index (χ4n) is 3.90. The molecule has 2 amide bonds. The van der Waals surface area contributed by atoms with Gasteiger partial charge in [-0.2, -0.15) is 0 Å². The largest absolute Gasteiger partial charge is 0.366 e. The van der Waals surface area contributed by atoms with E-state index in [0.717, 1.165) is 44.2 Å². The number of carbonyl (C=O) groups excluding carboxylic acids is 2. The summed E-state index contributed by atoms with van der Waals surface area (Å²) in [6, 6.07) is 2.32. The average Bonchev–Trinajstić information content (AvgIpc) is 2.59. The monoisotopic (exact) mass is 347 g/mol. The molecular formula is C18H25N3O4. The van der Waals surface area contributed by atoms with Crippen molar-refractivity contribution in [1.29, 1.82) is 0 Å². The van der Waals surface area contributed by atoms with Crippen LogP contribution in [-0.4, -0.2) is 16.7 Å². The highest BCUT2D eigenvalue weighted by molar-refractivity contribution is 6.02. The number of carbonyl (C=O) groups is 2. The summed E-state index contributed by atoms with van der Waals surface area (Å²) in [6.07, 6.45) is 4.73. The van der Waals surface area contributed by atoms with Crippen LogP contribution in [0.15, 0.2) is 12.1 Å². The second kappa shape index (κ2) is 7.63. The maximum atomic E-state index is 11.9. The van der Waals surface area contributed by atoms with Crippen molar-refractivity contribution in [3.63, 3.8) is 0 Å². The summed E-state index contributed by atoms with van der Waals surface area (Å²) >= 11 is 0. The number of nitrogens with zero attached hydrogens (tertiary/aromatic N) is 1. The molecule has 1 aliphatic carbocycles. The van der Waals surface area contributed by atoms with Crippen molar-refractivity contribution in [2.75, 3.05) is 0 Å². The Kier molecular flexibility index (Phi) is 5.77. The third-order valence-electron chi connectivity index (χ3n) is 5.54. The lowest BCUT2D eigenvalue weighted by Gasteiger charge is -2.33. The topological polar surface area (TPSA) is 129 Å². The van der Waals surface area contributed by atoms with Crippen molar-refractivity contribution < 1.29 is 14.5 Å². The molecular weight excluding hydrogens is 322 g/mol. The summed E-state index contributed by atoms with van der Waals surface area (Å²) in [4.78, 5) is 34.2. The van der Waals surface area contributed by atoms with Gasteiger partial charge in [0.15, 0.2) is 0 Å². The van der Waals surface area contributed by atoms with Gasteiger partial charge >= 0.3 is 0 Å². The first-order valence-corrected chi connectivity index (χ1v) is 8.68. The van der Waals surface area contributed by atoms with Crippen LogP contribution in [0.2, 0.25) is 0 Å². The van der Waals surface area contributed by atoms with E-state index in [1.165, 1.54) is 0 Å². The molecule has 7 heteroatoms. The highest BCUT2D eigenvalue weighted by Gasteiger charge is 2.31. The molecule has 2 rings (SSSR count). The third-order valence-corrected chi connectivity index (χ3v) is 5.54. The Morgan fingerprint density at radius 1 is 1.16 bits per heavy atom. The highest BCUT2D eigenvalue weighted by atomic mass is 16.6. The van der Waals surface area contributed by atoms with Crippen LogP contribution in [0.1, 0.15) is 78.1 Å². The van der Waals surface area contributed by atoms with Gasteiger partial charge in [-0.3, -0.25) is 19.7 Å². The quantitative estimate of drug-likeness (QED) is 0.605. The standard InChI is InChI=1S/C18H25N3O4/c1-3-10(2)11-4-6-12(7-5-11)16-14(17(19)22)8-13(21(24)25)9-15(16)18(20)23/h8-12H,3-7H2,1-2H3,(H2,19,22)(H2,20,23). The van der Waals surface area contributed by atoms with Crippen molar-refractivity contribution in [3.8, 4) is 0 Å². The van der Waals surface area contributed by atoms with Crippen LogP contribution in [0.5, 0.6) is 0 Å². The zero-order valence-corrected chi connectivity index (χ0v) is 14.7. The van der Waals surface area contributed by atoms with E-state index in [2.05, 4.69) is 13.8 Å². The van der Waals surface area contributed by atoms with Gasteiger partial charge in [0.2, 0.25) is 11.8 Å². The summed E-state index contributed by atoms with van der Waals surface area (Å²) in [6.45, 7) is 4.41. The second-order valence-corrected chi connectivity index (χ2v) is 6.94. The number of nitro benzene ring substituents is 1. The number of nitrogens with two attached hydrogens (primary N) is 2. The number of amides is 2. The molecule has 1 aromatic carbocycles. The van der Waals surface area contributed by atoms with Crippen molar-refractivity contribution in [2.24, 2.45) is 23.3 Å². The molecule has 1 saturated carbocycles. The highest BCUT2D eigenvalue weighted by Crippen LogP contribution is 2.42. The Morgan fingerprint density at radius 3 is 2.00 bits per heavy atom. The first kappa shape index (κ1) is 18.9. The Hall–Kier alpha value is -2.44. The van der Waals surface area contributed by atoms with Gasteiger partial charge in [-0.15, -0.1) is 0 Å². The zero-order valence-electron chi connectivity index (χ0n) is 14.7. The zero-order chi connectivity index (χ0) is 18.7. The van der Waals surface area contributed by atoms with Gasteiger partial charge in [-0.25, -0.2) is 0 Å². The molecule has 7 nitrogen and oxygen atoms in total. The van der Waals surface area contributed by atoms with Crippen LogP contribution in [0, 0.1) is 22.0 Å². The minimum atomic E-state index is -0.773. The van der Waals surface area contributed by atoms with Crippen molar-refractivity contribution >= 4 is 17.5 Å². The molecule has 0 heterocycles. The fraction of sp³-hybridized carbons (Fsp3) is 0.556. The first-order valence-electron chi connectivity index (χ1n) is 8.68. The van der Waals surface area contributed by atoms with Gasteiger partial charge < -0.3 is 11.5 Å². The van der Waals surface area contributed by atoms with E-state index in [-0.39, 0.29) is 22.7 Å². The molecule has 136 valence electrons. The first-order chi connectivity index (χ1) is 11.8. The number of non-ortho nitro benzene ring substituents is 1. The summed E-state index contributed by atoms with van der Waals surface area (Å²) in [5.41, 5.74) is 11.1. The Bertz CT molecular complexity index is 659. The van der Waals surface area contributed by atoms with E-state index in [1.807, 2.05) is 0 Å². The molecule has 0 aliphatic heterocycles. The van der Waals surface area contributed by atoms with Crippen molar-refractivity contribution in [1.82, 2.24) is 0 Å². The minimum absolute atomic E-state index is 0.0360. The molecule has 0 radical (unpaired) electrons. The van der Waals surface area contributed by atoms with Crippen molar-refractivity contribution in [2.45, 2.75) is 51.9 Å². The molecule has 0 saturated heterocycles. The minimum Gasteiger partial charge on any atom is -0.366 e. The molecule has 25 heavy (non-hydrogen) atoms. The molecule has 0 bridgehead atoms. The number of rotatable bonds is 6. The number of hydrogen-bond acceptors (Lipinski definition) is 4. The van der Waals surface area contributed by atoms with E-state index in [1.54, 1.807) is 0 Å². The van der Waals surface area contributed by atoms with E-state index in [0.29, 0.717) is 17.4 Å². The van der Waals surface area contributed by atoms with Gasteiger partial charge in [0.25, 0.3) is 5.69 Å². The Labute approximate surface area is 146 Å². The van der Waals surface area contributed by atoms with Gasteiger partial charge in [-0.05, 0) is 49.0 Å². The van der Waals surface area contributed by atoms with E-state index >= 15 is 0 Å². The smallest absolute Gasteiger partial charge is 0.271 e. The molecule has 1 unspecified atom stereocenters. The lowest BCUT2D eigenvalue weighted by atomic mass is 9.72. The lowest BCUT2D eigenvalue weighted by molar-refractivity contribution is -0.384. The summed E-state index contributed by atoms with van der Waals surface area (Å²) in [7, 11) is 0. The van der Waals surface area contributed by atoms with Gasteiger partial charge in [0, 0.05) is 12.1 Å². The number of nitro groups is 1. The number of hydrogen-bond donors (Lipinski definition) is 2. The van der Waals surface area contributed by atoms with Crippen LogP contribution in [0.4, 0.5) is 5.69 Å². The fourth-order valence-corrected chi connectivity index (χ4v) is 3.90. The average molecular weight is 347 g/mol. The molecule has 1 fully saturated rings. The predicted molar refractivity (Wildman–Crippen MR) is 94.3 cm³/mol. The van der Waals surface area contributed by atoms with Crippen LogP contribution in [0.3, 0.4) is 0 Å². The van der Waals surface area contributed by atoms with E-state index < -0.39 is 16.7 Å². The van der Waals surface area contributed by atoms with Gasteiger partial charge in [0.05, 0.1) is 16.1 Å². The van der Waals surface area contributed by atoms with Crippen LogP contribution in [-0.2, 0) is 0 Å². The maximum Gasteiger partial charge on any atom is 0.271 e. The lowest BCUT2D eigenvalue weighted by Crippen LogP contribution is -2.25. The predicted octanol–water partition coefficient (Wildman–Crippen LogP) is 3.11. The summed E-state index contributed by atoms with van der Waals surface area (Å²) < 4.78 is 0. The molecule has 1 aromatic rings. The summed E-state index contributed by atoms with van der Waals surface area (Å²) in [5, 5.41) is 11.1. The molecule has 0 spiro atoms. The normalized spacial score (nSPS) is 21.5. The van der Waals surface area contributed by atoms with Crippen molar-refractivity contribution in [3.05, 3.63) is 38.9 Å². The van der Waals surface area contributed by atoms with E-state index in [4.69, 9.17) is 11.5 Å².